The highest BCUT2D eigenvalue weighted by Crippen LogP contribution is 2.40. The van der Waals surface area contributed by atoms with Gasteiger partial charge >= 0.3 is 0 Å². The van der Waals surface area contributed by atoms with Crippen molar-refractivity contribution in [1.82, 2.24) is 10.2 Å². The molecule has 2 heterocycles. The number of nitrogens with one attached hydrogen (secondary N) is 1. The summed E-state index contributed by atoms with van der Waals surface area (Å²) in [7, 11) is 1.54. The number of methoxy groups -OCH3 is 1. The van der Waals surface area contributed by atoms with Crippen molar-refractivity contribution < 1.29 is 28.6 Å². The Kier molecular flexibility index (Phi) is 8.51. The highest BCUT2D eigenvalue weighted by Gasteiger charge is 2.44. The van der Waals surface area contributed by atoms with Gasteiger partial charge in [-0.25, -0.2) is 9.38 Å². The molecule has 9 nitrogen and oxygen atoms in total. The largest absolute Gasteiger partial charge is 0.485 e. The van der Waals surface area contributed by atoms with Crippen LogP contribution >= 0.6 is 0 Å². The molecule has 2 aromatic carbocycles. The summed E-state index contributed by atoms with van der Waals surface area (Å²) >= 11 is 0. The number of nitrogens with zero attached hydrogens (tertiary/aromatic N) is 2. The van der Waals surface area contributed by atoms with Gasteiger partial charge < -0.3 is 25.6 Å². The third kappa shape index (κ3) is 5.69. The summed E-state index contributed by atoms with van der Waals surface area (Å²) in [6.45, 7) is 7.68. The Bertz CT molecular complexity index is 1290. The monoisotopic (exact) mass is 554 g/mol. The molecule has 0 fully saturated rings. The molecule has 0 spiro atoms. The first-order chi connectivity index (χ1) is 18.9. The number of para-hydroxylation sites is 1. The van der Waals surface area contributed by atoms with Gasteiger partial charge in [0.05, 0.1) is 24.0 Å². The molecule has 0 aliphatic carbocycles. The number of aliphatic imine (C=N–C) groups is 1. The molecule has 0 aromatic heterocycles. The highest BCUT2D eigenvalue weighted by atomic mass is 19.1. The minimum atomic E-state index is -1.06. The summed E-state index contributed by atoms with van der Waals surface area (Å²) in [5.41, 5.74) is 5.88. The van der Waals surface area contributed by atoms with Crippen molar-refractivity contribution in [3.63, 3.8) is 0 Å². The maximum absolute atomic E-state index is 15.0. The van der Waals surface area contributed by atoms with Gasteiger partial charge in [-0.15, -0.1) is 0 Å². The molecular weight excluding hydrogens is 515 g/mol. The van der Waals surface area contributed by atoms with Crippen molar-refractivity contribution >= 4 is 17.8 Å². The van der Waals surface area contributed by atoms with Crippen molar-refractivity contribution in [3.05, 3.63) is 65.0 Å². The molecule has 4 rings (SSSR count). The summed E-state index contributed by atoms with van der Waals surface area (Å²) in [5.74, 6) is -0.811. The average Bonchev–Trinajstić information content (AvgIpc) is 2.91. The third-order valence-electron chi connectivity index (χ3n) is 8.08. The van der Waals surface area contributed by atoms with Crippen molar-refractivity contribution in [1.29, 1.82) is 0 Å². The molecule has 10 heteroatoms. The maximum atomic E-state index is 15.0. The minimum absolute atomic E-state index is 0.0443. The number of carbonyl (C=O) groups excluding carboxylic acids is 2. The fourth-order valence-electron chi connectivity index (χ4n) is 5.56. The number of rotatable bonds is 9. The summed E-state index contributed by atoms with van der Waals surface area (Å²) in [6.07, 6.45) is 0.759. The number of carbonyl (C=O) groups is 2. The molecule has 2 aromatic rings. The molecule has 0 saturated heterocycles. The zero-order chi connectivity index (χ0) is 29.2. The van der Waals surface area contributed by atoms with Gasteiger partial charge in [-0.1, -0.05) is 32.0 Å². The zero-order valence-electron chi connectivity index (χ0n) is 23.7. The number of amides is 2. The number of aliphatic hydroxyl groups excluding tert-OH is 1. The lowest BCUT2D eigenvalue weighted by Gasteiger charge is -2.42. The molecule has 216 valence electrons. The topological polar surface area (TPSA) is 126 Å². The van der Waals surface area contributed by atoms with E-state index in [1.54, 1.807) is 38.1 Å². The first kappa shape index (κ1) is 29.5. The van der Waals surface area contributed by atoms with Crippen molar-refractivity contribution in [2.45, 2.75) is 82.7 Å². The normalized spacial score (nSPS) is 22.1. The Labute approximate surface area is 234 Å². The third-order valence-corrected chi connectivity index (χ3v) is 8.08. The molecule has 0 bridgehead atoms. The molecule has 3 atom stereocenters. The van der Waals surface area contributed by atoms with Crippen LogP contribution in [-0.4, -0.2) is 58.7 Å². The van der Waals surface area contributed by atoms with E-state index in [1.165, 1.54) is 18.1 Å². The number of hydrogen-bond donors (Lipinski definition) is 3. The van der Waals surface area contributed by atoms with Crippen molar-refractivity contribution in [3.8, 4) is 5.75 Å². The number of halogens is 1. The quantitative estimate of drug-likeness (QED) is 0.430. The second kappa shape index (κ2) is 11.5. The van der Waals surface area contributed by atoms with Gasteiger partial charge in [-0.05, 0) is 62.9 Å². The number of aliphatic hydroxyl groups is 1. The van der Waals surface area contributed by atoms with Crippen LogP contribution in [0.2, 0.25) is 0 Å². The zero-order valence-corrected chi connectivity index (χ0v) is 23.7. The Morgan fingerprint density at radius 3 is 2.62 bits per heavy atom. The van der Waals surface area contributed by atoms with Crippen LogP contribution < -0.4 is 15.8 Å². The Balaban J connectivity index is 1.69. The highest BCUT2D eigenvalue weighted by molar-refractivity contribution is 6.00. The first-order valence-electron chi connectivity index (χ1n) is 13.7. The van der Waals surface area contributed by atoms with Crippen LogP contribution in [0.15, 0.2) is 47.5 Å². The van der Waals surface area contributed by atoms with Gasteiger partial charge in [-0.2, -0.15) is 0 Å². The van der Waals surface area contributed by atoms with Crippen LogP contribution in [0.5, 0.6) is 5.75 Å². The molecule has 40 heavy (non-hydrogen) atoms. The summed E-state index contributed by atoms with van der Waals surface area (Å²) in [4.78, 5) is 33.0. The van der Waals surface area contributed by atoms with E-state index < -0.39 is 41.1 Å². The molecule has 0 saturated carbocycles. The summed E-state index contributed by atoms with van der Waals surface area (Å²) in [5, 5.41) is 13.9. The standard InChI is InChI=1S/C30H39FN4O5/c1-6-30(7-2)17-24(36)35(28(32)34-30)22(12-13-39-5)18-14-19(16-20(31)15-18)27(38)33-25-21-10-8-9-11-23(21)40-29(3,4)26(25)37/h8-11,14-16,22,25-26,37H,6-7,12-13,17H2,1-5H3,(H2,32,34)(H,33,38)/t22-,25+,26-/m1/s1. The number of benzene rings is 2. The molecule has 2 amide bonds. The maximum Gasteiger partial charge on any atom is 0.251 e. The van der Waals surface area contributed by atoms with E-state index >= 15 is 4.39 Å². The predicted molar refractivity (Wildman–Crippen MR) is 149 cm³/mol. The van der Waals surface area contributed by atoms with Crippen LogP contribution in [0, 0.1) is 5.82 Å². The average molecular weight is 555 g/mol. The van der Waals surface area contributed by atoms with Gasteiger partial charge in [0.1, 0.15) is 23.3 Å². The molecular formula is C30H39FN4O5. The molecule has 4 N–H and O–H groups in total. The number of nitrogens with two attached hydrogens (primary N) is 1. The van der Waals surface area contributed by atoms with E-state index in [9.17, 15) is 14.7 Å². The Hall–Kier alpha value is -3.50. The fourth-order valence-corrected chi connectivity index (χ4v) is 5.56. The predicted octanol–water partition coefficient (Wildman–Crippen LogP) is 4.01. The Morgan fingerprint density at radius 1 is 1.27 bits per heavy atom. The smallest absolute Gasteiger partial charge is 0.251 e. The minimum Gasteiger partial charge on any atom is -0.485 e. The van der Waals surface area contributed by atoms with E-state index in [0.717, 1.165) is 6.07 Å². The van der Waals surface area contributed by atoms with Crippen LogP contribution in [0.25, 0.3) is 0 Å². The van der Waals surface area contributed by atoms with Crippen LogP contribution in [0.3, 0.4) is 0 Å². The molecule has 2 aliphatic heterocycles. The van der Waals surface area contributed by atoms with Gasteiger partial charge in [-0.3, -0.25) is 14.5 Å². The summed E-state index contributed by atoms with van der Waals surface area (Å²) in [6, 6.07) is 9.63. The number of hydrogen-bond acceptors (Lipinski definition) is 7. The van der Waals surface area contributed by atoms with E-state index in [1.807, 2.05) is 19.9 Å². The van der Waals surface area contributed by atoms with Gasteiger partial charge in [0.25, 0.3) is 5.91 Å². The lowest BCUT2D eigenvalue weighted by molar-refractivity contribution is -0.131. The first-order valence-corrected chi connectivity index (χ1v) is 13.7. The van der Waals surface area contributed by atoms with Crippen molar-refractivity contribution in [2.24, 2.45) is 10.7 Å². The van der Waals surface area contributed by atoms with Gasteiger partial charge in [0.2, 0.25) is 5.91 Å². The summed E-state index contributed by atoms with van der Waals surface area (Å²) < 4.78 is 26.3. The molecule has 0 unspecified atom stereocenters. The van der Waals surface area contributed by atoms with E-state index in [2.05, 4.69) is 10.3 Å². The Morgan fingerprint density at radius 2 is 1.98 bits per heavy atom. The lowest BCUT2D eigenvalue weighted by atomic mass is 9.86. The molecule has 2 aliphatic rings. The van der Waals surface area contributed by atoms with Gasteiger partial charge in [0, 0.05) is 24.8 Å². The fraction of sp³-hybridized carbons (Fsp3) is 0.500. The number of ether oxygens (including phenoxy) is 2. The van der Waals surface area contributed by atoms with E-state index in [-0.39, 0.29) is 30.5 Å². The van der Waals surface area contributed by atoms with E-state index in [0.29, 0.717) is 36.1 Å². The van der Waals surface area contributed by atoms with Gasteiger partial charge in [0.15, 0.2) is 5.96 Å². The van der Waals surface area contributed by atoms with Crippen LogP contribution in [0.1, 0.15) is 86.9 Å². The second-order valence-corrected chi connectivity index (χ2v) is 11.1. The van der Waals surface area contributed by atoms with E-state index in [4.69, 9.17) is 15.2 Å². The number of guanidine groups is 1. The van der Waals surface area contributed by atoms with Crippen LogP contribution in [-0.2, 0) is 9.53 Å². The lowest BCUT2D eigenvalue weighted by Crippen LogP contribution is -2.53. The second-order valence-electron chi connectivity index (χ2n) is 11.1. The SMILES string of the molecule is CCC1(CC)CC(=O)N([C@H](CCOC)c2cc(F)cc(C(=O)N[C@H]3c4ccccc4OC(C)(C)[C@@H]3O)c2)C(N)=N1. The van der Waals surface area contributed by atoms with Crippen molar-refractivity contribution in [2.75, 3.05) is 13.7 Å². The number of fused-ring (bicyclic) bond motifs is 1. The molecule has 0 radical (unpaired) electrons. The van der Waals surface area contributed by atoms with Crippen LogP contribution in [0.4, 0.5) is 4.39 Å².